The lowest BCUT2D eigenvalue weighted by atomic mass is 10.1. The Morgan fingerprint density at radius 3 is 2.64 bits per heavy atom. The number of furan rings is 1. The Labute approximate surface area is 159 Å². The van der Waals surface area contributed by atoms with Gasteiger partial charge in [-0.15, -0.1) is 0 Å². The van der Waals surface area contributed by atoms with Crippen LogP contribution < -0.4 is 0 Å². The number of nitrogens with zero attached hydrogens (tertiary/aromatic N) is 2. The molecule has 7 heteroatoms. The van der Waals surface area contributed by atoms with E-state index in [1.54, 1.807) is 49.4 Å². The van der Waals surface area contributed by atoms with Crippen LogP contribution >= 0.6 is 0 Å². The third-order valence-electron chi connectivity index (χ3n) is 4.64. The van der Waals surface area contributed by atoms with Crippen molar-refractivity contribution in [1.29, 1.82) is 0 Å². The molecule has 7 nitrogen and oxygen atoms in total. The molecule has 0 N–H and O–H groups in total. The van der Waals surface area contributed by atoms with Crippen LogP contribution in [0, 0.1) is 17.0 Å². The fourth-order valence-electron chi connectivity index (χ4n) is 3.29. The van der Waals surface area contributed by atoms with Crippen LogP contribution in [0.4, 0.5) is 5.69 Å². The molecule has 2 aromatic carbocycles. The molecular formula is C21H14N2O5. The van der Waals surface area contributed by atoms with E-state index in [1.807, 2.05) is 0 Å². The van der Waals surface area contributed by atoms with E-state index in [0.717, 1.165) is 6.29 Å². The fraction of sp³-hybridized carbons (Fsp3) is 0.0476. The van der Waals surface area contributed by atoms with E-state index in [-0.39, 0.29) is 11.4 Å². The number of non-ortho nitro benzene ring substituents is 1. The number of carbonyl (C=O) groups excluding carboxylic acids is 2. The van der Waals surface area contributed by atoms with Gasteiger partial charge in [0, 0.05) is 34.3 Å². The number of aromatic nitrogens is 1. The van der Waals surface area contributed by atoms with Crippen molar-refractivity contribution in [3.05, 3.63) is 87.8 Å². The molecule has 0 aliphatic rings. The SMILES string of the molecule is Cc1c(C=O)c2ccccc2n1C(=O)c1ccc(-c2cccc([N+](=O)[O-])c2)o1. The standard InChI is InChI=1S/C21H14N2O5/c1-13-17(12-24)16-7-2-3-8-18(16)22(13)21(25)20-10-9-19(28-20)14-5-4-6-15(11-14)23(26)27/h2-12H,1H3. The molecule has 0 amide bonds. The second kappa shape index (κ2) is 6.62. The van der Waals surface area contributed by atoms with Crippen molar-refractivity contribution in [2.24, 2.45) is 0 Å². The topological polar surface area (TPSA) is 95.3 Å². The van der Waals surface area contributed by atoms with Gasteiger partial charge in [-0.1, -0.05) is 30.3 Å². The van der Waals surface area contributed by atoms with Crippen LogP contribution in [0.3, 0.4) is 0 Å². The number of rotatable bonds is 4. The van der Waals surface area contributed by atoms with Crippen LogP contribution in [0.5, 0.6) is 0 Å². The molecule has 0 saturated carbocycles. The van der Waals surface area contributed by atoms with Crippen LogP contribution in [0.1, 0.15) is 26.6 Å². The molecule has 0 radical (unpaired) electrons. The highest BCUT2D eigenvalue weighted by Gasteiger charge is 2.22. The van der Waals surface area contributed by atoms with E-state index in [9.17, 15) is 19.7 Å². The predicted molar refractivity (Wildman–Crippen MR) is 103 cm³/mol. The minimum Gasteiger partial charge on any atom is -0.451 e. The molecule has 0 aliphatic heterocycles. The van der Waals surface area contributed by atoms with Crippen molar-refractivity contribution in [2.75, 3.05) is 0 Å². The van der Waals surface area contributed by atoms with Crippen LogP contribution in [0.2, 0.25) is 0 Å². The van der Waals surface area contributed by atoms with Crippen molar-refractivity contribution in [1.82, 2.24) is 4.57 Å². The Balaban J connectivity index is 1.78. The maximum absolute atomic E-state index is 13.1. The van der Waals surface area contributed by atoms with Crippen LogP contribution in [0.25, 0.3) is 22.2 Å². The monoisotopic (exact) mass is 374 g/mol. The Morgan fingerprint density at radius 1 is 1.11 bits per heavy atom. The first-order valence-electron chi connectivity index (χ1n) is 8.46. The Kier molecular flexibility index (Phi) is 4.12. The molecule has 0 aliphatic carbocycles. The molecule has 4 rings (SSSR count). The summed E-state index contributed by atoms with van der Waals surface area (Å²) in [5.41, 5.74) is 2.02. The maximum atomic E-state index is 13.1. The summed E-state index contributed by atoms with van der Waals surface area (Å²) in [4.78, 5) is 35.0. The molecule has 2 heterocycles. The Morgan fingerprint density at radius 2 is 1.89 bits per heavy atom. The molecule has 4 aromatic rings. The Bertz CT molecular complexity index is 1250. The number of carbonyl (C=O) groups is 2. The second-order valence-electron chi connectivity index (χ2n) is 6.25. The lowest BCUT2D eigenvalue weighted by molar-refractivity contribution is -0.384. The van der Waals surface area contributed by atoms with Gasteiger partial charge in [-0.2, -0.15) is 0 Å². The first-order valence-corrected chi connectivity index (χ1v) is 8.46. The van der Waals surface area contributed by atoms with Crippen molar-refractivity contribution >= 4 is 28.8 Å². The van der Waals surface area contributed by atoms with E-state index in [1.165, 1.54) is 22.8 Å². The van der Waals surface area contributed by atoms with Gasteiger partial charge in [-0.3, -0.25) is 24.3 Å². The largest absolute Gasteiger partial charge is 0.451 e. The van der Waals surface area contributed by atoms with Crippen molar-refractivity contribution < 1.29 is 18.9 Å². The number of hydrogen-bond donors (Lipinski definition) is 0. The van der Waals surface area contributed by atoms with Crippen LogP contribution in [0.15, 0.2) is 65.1 Å². The lowest BCUT2D eigenvalue weighted by Gasteiger charge is -2.04. The third-order valence-corrected chi connectivity index (χ3v) is 4.64. The number of hydrogen-bond acceptors (Lipinski definition) is 5. The minimum absolute atomic E-state index is 0.0651. The molecule has 28 heavy (non-hydrogen) atoms. The number of benzene rings is 2. The molecule has 0 bridgehead atoms. The normalized spacial score (nSPS) is 10.9. The third kappa shape index (κ3) is 2.69. The molecule has 2 aromatic heterocycles. The highest BCUT2D eigenvalue weighted by atomic mass is 16.6. The van der Waals surface area contributed by atoms with Gasteiger partial charge in [-0.05, 0) is 25.1 Å². The van der Waals surface area contributed by atoms with E-state index in [2.05, 4.69) is 0 Å². The molecule has 0 saturated heterocycles. The number of nitro groups is 1. The quantitative estimate of drug-likeness (QED) is 0.295. The van der Waals surface area contributed by atoms with Gasteiger partial charge in [-0.25, -0.2) is 0 Å². The van der Waals surface area contributed by atoms with Gasteiger partial charge in [0.25, 0.3) is 11.6 Å². The summed E-state index contributed by atoms with van der Waals surface area (Å²) in [6.45, 7) is 1.70. The second-order valence-corrected chi connectivity index (χ2v) is 6.25. The van der Waals surface area contributed by atoms with E-state index < -0.39 is 10.8 Å². The van der Waals surface area contributed by atoms with E-state index in [0.29, 0.717) is 33.5 Å². The van der Waals surface area contributed by atoms with Gasteiger partial charge in [0.05, 0.1) is 10.4 Å². The van der Waals surface area contributed by atoms with Crippen molar-refractivity contribution in [3.8, 4) is 11.3 Å². The van der Waals surface area contributed by atoms with Crippen LogP contribution in [-0.2, 0) is 0 Å². The summed E-state index contributed by atoms with van der Waals surface area (Å²) < 4.78 is 7.13. The number of para-hydroxylation sites is 1. The zero-order valence-corrected chi connectivity index (χ0v) is 14.8. The molecule has 0 atom stereocenters. The Hall–Kier alpha value is -4.00. The maximum Gasteiger partial charge on any atom is 0.298 e. The van der Waals surface area contributed by atoms with E-state index in [4.69, 9.17) is 4.42 Å². The van der Waals surface area contributed by atoms with Gasteiger partial charge in [0.2, 0.25) is 0 Å². The first-order chi connectivity index (χ1) is 13.5. The number of fused-ring (bicyclic) bond motifs is 1. The number of aldehydes is 1. The van der Waals surface area contributed by atoms with Gasteiger partial charge in [0.15, 0.2) is 12.0 Å². The average molecular weight is 374 g/mol. The molecule has 0 spiro atoms. The first kappa shape index (κ1) is 17.4. The summed E-state index contributed by atoms with van der Waals surface area (Å²) >= 11 is 0. The highest BCUT2D eigenvalue weighted by Crippen LogP contribution is 2.29. The summed E-state index contributed by atoms with van der Waals surface area (Å²) in [6.07, 6.45) is 0.734. The number of nitro benzene ring substituents is 1. The van der Waals surface area contributed by atoms with Gasteiger partial charge in [0.1, 0.15) is 5.76 Å². The molecule has 0 unspecified atom stereocenters. The van der Waals surface area contributed by atoms with Crippen molar-refractivity contribution in [2.45, 2.75) is 6.92 Å². The molecular weight excluding hydrogens is 360 g/mol. The van der Waals surface area contributed by atoms with E-state index >= 15 is 0 Å². The van der Waals surface area contributed by atoms with Crippen LogP contribution in [-0.4, -0.2) is 21.7 Å². The van der Waals surface area contributed by atoms with Crippen molar-refractivity contribution in [3.63, 3.8) is 0 Å². The van der Waals surface area contributed by atoms with Gasteiger partial charge < -0.3 is 4.42 Å². The highest BCUT2D eigenvalue weighted by molar-refractivity contribution is 6.07. The zero-order chi connectivity index (χ0) is 19.8. The lowest BCUT2D eigenvalue weighted by Crippen LogP contribution is -2.12. The summed E-state index contributed by atoms with van der Waals surface area (Å²) in [5.74, 6) is -0.00179. The summed E-state index contributed by atoms with van der Waals surface area (Å²) in [5, 5.41) is 11.7. The van der Waals surface area contributed by atoms with Gasteiger partial charge >= 0.3 is 0 Å². The molecule has 0 fully saturated rings. The molecule has 138 valence electrons. The summed E-state index contributed by atoms with van der Waals surface area (Å²) in [6, 6.07) is 16.2. The predicted octanol–water partition coefficient (Wildman–Crippen LogP) is 4.62. The summed E-state index contributed by atoms with van der Waals surface area (Å²) in [7, 11) is 0. The zero-order valence-electron chi connectivity index (χ0n) is 14.8. The fourth-order valence-corrected chi connectivity index (χ4v) is 3.29. The minimum atomic E-state index is -0.491. The average Bonchev–Trinajstić information content (AvgIpc) is 3.30. The smallest absolute Gasteiger partial charge is 0.298 e.